The molecule has 0 aliphatic carbocycles. The van der Waals surface area contributed by atoms with E-state index in [1.807, 2.05) is 52.2 Å². The molecule has 1 atom stereocenters. The number of aromatic amines is 1. The van der Waals surface area contributed by atoms with Gasteiger partial charge in [0.25, 0.3) is 0 Å². The maximum Gasteiger partial charge on any atom is 0.240 e. The first kappa shape index (κ1) is 19.6. The van der Waals surface area contributed by atoms with Crippen molar-refractivity contribution in [2.75, 3.05) is 26.3 Å². The second-order valence-electron chi connectivity index (χ2n) is 6.89. The minimum atomic E-state index is -0.360. The Morgan fingerprint density at radius 2 is 2.14 bits per heavy atom. The first-order valence-corrected chi connectivity index (χ1v) is 10.5. The van der Waals surface area contributed by atoms with Crippen molar-refractivity contribution in [3.63, 3.8) is 0 Å². The Morgan fingerprint density at radius 3 is 2.97 bits per heavy atom. The number of fused-ring (bicyclic) bond motifs is 1. The van der Waals surface area contributed by atoms with Crippen LogP contribution in [0.2, 0.25) is 0 Å². The third kappa shape index (κ3) is 4.48. The van der Waals surface area contributed by atoms with Crippen molar-refractivity contribution >= 4 is 28.8 Å². The summed E-state index contributed by atoms with van der Waals surface area (Å²) in [5.41, 5.74) is 1.67. The lowest BCUT2D eigenvalue weighted by molar-refractivity contribution is -0.137. The zero-order chi connectivity index (χ0) is 20.1. The average Bonchev–Trinajstić information content (AvgIpc) is 3.43. The van der Waals surface area contributed by atoms with Gasteiger partial charge in [0.05, 0.1) is 19.3 Å². The molecule has 1 aromatic carbocycles. The molecule has 3 aromatic rings. The van der Waals surface area contributed by atoms with Gasteiger partial charge in [0, 0.05) is 47.8 Å². The summed E-state index contributed by atoms with van der Waals surface area (Å²) in [5.74, 6) is 0.0766. The number of hydrogen-bond donors (Lipinski definition) is 2. The number of nitrogens with one attached hydrogen (secondary N) is 2. The molecule has 2 N–H and O–H groups in total. The summed E-state index contributed by atoms with van der Waals surface area (Å²) < 4.78 is 10.7. The number of hydrogen-bond acceptors (Lipinski definition) is 5. The Morgan fingerprint density at radius 1 is 1.28 bits per heavy atom. The molecule has 29 heavy (non-hydrogen) atoms. The van der Waals surface area contributed by atoms with E-state index in [9.17, 15) is 10.1 Å². The monoisotopic (exact) mass is 409 g/mol. The molecule has 8 heteroatoms. The maximum absolute atomic E-state index is 13.2. The van der Waals surface area contributed by atoms with Gasteiger partial charge in [-0.2, -0.15) is 5.26 Å². The number of benzene rings is 1. The highest BCUT2D eigenvalue weighted by molar-refractivity contribution is 7.97. The number of morpholine rings is 1. The van der Waals surface area contributed by atoms with Crippen molar-refractivity contribution in [2.24, 2.45) is 0 Å². The number of rotatable bonds is 7. The van der Waals surface area contributed by atoms with E-state index in [2.05, 4.69) is 15.8 Å². The predicted octanol–water partition coefficient (Wildman–Crippen LogP) is 2.76. The Balaban J connectivity index is 1.48. The number of aromatic nitrogens is 2. The van der Waals surface area contributed by atoms with Crippen molar-refractivity contribution in [2.45, 2.75) is 23.9 Å². The molecule has 3 heterocycles. The van der Waals surface area contributed by atoms with Crippen molar-refractivity contribution < 1.29 is 9.53 Å². The molecule has 2 aromatic heterocycles. The van der Waals surface area contributed by atoms with E-state index < -0.39 is 0 Å². The first-order valence-electron chi connectivity index (χ1n) is 9.66. The van der Waals surface area contributed by atoms with Gasteiger partial charge in [0.2, 0.25) is 5.91 Å². The van der Waals surface area contributed by atoms with Crippen LogP contribution >= 0.6 is 11.9 Å². The SMILES string of the molecule is N#Cc1cccn1CCC(NSc1cccc2[nH]ccc12)C(=O)N1CCOCC1. The Labute approximate surface area is 173 Å². The summed E-state index contributed by atoms with van der Waals surface area (Å²) in [5, 5.41) is 10.4. The highest BCUT2D eigenvalue weighted by atomic mass is 32.2. The first-order chi connectivity index (χ1) is 14.3. The Kier molecular flexibility index (Phi) is 6.20. The minimum Gasteiger partial charge on any atom is -0.378 e. The summed E-state index contributed by atoms with van der Waals surface area (Å²) in [6.45, 7) is 2.97. The number of ether oxygens (including phenoxy) is 1. The molecule has 7 nitrogen and oxygen atoms in total. The Hall–Kier alpha value is -2.73. The molecule has 4 rings (SSSR count). The van der Waals surface area contributed by atoms with Gasteiger partial charge in [-0.15, -0.1) is 0 Å². The fourth-order valence-corrected chi connectivity index (χ4v) is 4.42. The van der Waals surface area contributed by atoms with Crippen molar-refractivity contribution in [3.05, 3.63) is 54.5 Å². The molecule has 0 saturated carbocycles. The summed E-state index contributed by atoms with van der Waals surface area (Å²) >= 11 is 1.48. The summed E-state index contributed by atoms with van der Waals surface area (Å²) in [6, 6.07) is 13.6. The van der Waals surface area contributed by atoms with Crippen LogP contribution in [-0.4, -0.2) is 52.7 Å². The smallest absolute Gasteiger partial charge is 0.240 e. The van der Waals surface area contributed by atoms with E-state index in [0.717, 1.165) is 15.8 Å². The topological polar surface area (TPSA) is 86.1 Å². The number of carbonyl (C=O) groups excluding carboxylic acids is 1. The number of aryl methyl sites for hydroxylation is 1. The zero-order valence-electron chi connectivity index (χ0n) is 16.0. The largest absolute Gasteiger partial charge is 0.378 e. The van der Waals surface area contributed by atoms with Crippen molar-refractivity contribution in [1.82, 2.24) is 19.2 Å². The third-order valence-corrected chi connectivity index (χ3v) is 6.07. The molecule has 1 saturated heterocycles. The molecule has 0 spiro atoms. The van der Waals surface area contributed by atoms with E-state index in [1.165, 1.54) is 11.9 Å². The van der Waals surface area contributed by atoms with Gasteiger partial charge in [0.1, 0.15) is 11.8 Å². The van der Waals surface area contributed by atoms with E-state index in [1.54, 1.807) is 6.07 Å². The molecule has 150 valence electrons. The van der Waals surface area contributed by atoms with Gasteiger partial charge in [0.15, 0.2) is 0 Å². The summed E-state index contributed by atoms with van der Waals surface area (Å²) in [6.07, 6.45) is 4.39. The second kappa shape index (κ2) is 9.18. The van der Waals surface area contributed by atoms with Gasteiger partial charge >= 0.3 is 0 Å². The van der Waals surface area contributed by atoms with Gasteiger partial charge < -0.3 is 19.2 Å². The molecule has 1 amide bonds. The standard InChI is InChI=1S/C21H23N5O2S/c22-15-16-3-2-9-25(16)10-7-19(21(27)26-11-13-28-14-12-26)24-29-20-5-1-4-18-17(20)6-8-23-18/h1-6,8-9,19,23-24H,7,10-14H2. The van der Waals surface area contributed by atoms with Gasteiger partial charge in [-0.05, 0) is 48.7 Å². The number of nitrogens with zero attached hydrogens (tertiary/aromatic N) is 3. The molecule has 1 aliphatic heterocycles. The highest BCUT2D eigenvalue weighted by Crippen LogP contribution is 2.26. The van der Waals surface area contributed by atoms with Crippen LogP contribution in [0, 0.1) is 11.3 Å². The van der Waals surface area contributed by atoms with Crippen LogP contribution in [0.4, 0.5) is 0 Å². The second-order valence-corrected chi connectivity index (χ2v) is 7.77. The van der Waals surface area contributed by atoms with Gasteiger partial charge in [-0.3, -0.25) is 4.79 Å². The van der Waals surface area contributed by atoms with Gasteiger partial charge in [-0.25, -0.2) is 4.72 Å². The summed E-state index contributed by atoms with van der Waals surface area (Å²) in [7, 11) is 0. The van der Waals surface area contributed by atoms with Crippen LogP contribution < -0.4 is 4.72 Å². The minimum absolute atomic E-state index is 0.0766. The van der Waals surface area contributed by atoms with Crippen LogP contribution in [-0.2, 0) is 16.1 Å². The molecular weight excluding hydrogens is 386 g/mol. The highest BCUT2D eigenvalue weighted by Gasteiger charge is 2.26. The van der Waals surface area contributed by atoms with Gasteiger partial charge in [-0.1, -0.05) is 6.07 Å². The quantitative estimate of drug-likeness (QED) is 0.586. The fraction of sp³-hybridized carbons (Fsp3) is 0.333. The van der Waals surface area contributed by atoms with Crippen LogP contribution in [0.1, 0.15) is 12.1 Å². The van der Waals surface area contributed by atoms with E-state index in [4.69, 9.17) is 4.74 Å². The van der Waals surface area contributed by atoms with Crippen LogP contribution in [0.25, 0.3) is 10.9 Å². The van der Waals surface area contributed by atoms with E-state index in [-0.39, 0.29) is 11.9 Å². The van der Waals surface area contributed by atoms with Crippen LogP contribution in [0.15, 0.2) is 53.7 Å². The number of amides is 1. The van der Waals surface area contributed by atoms with E-state index in [0.29, 0.717) is 45.0 Å². The molecule has 0 radical (unpaired) electrons. The number of H-pyrrole nitrogens is 1. The number of carbonyl (C=O) groups is 1. The van der Waals surface area contributed by atoms with E-state index >= 15 is 0 Å². The molecule has 1 fully saturated rings. The van der Waals surface area contributed by atoms with Crippen molar-refractivity contribution in [1.29, 1.82) is 5.26 Å². The van der Waals surface area contributed by atoms with Crippen LogP contribution in [0.3, 0.4) is 0 Å². The average molecular weight is 410 g/mol. The normalized spacial score (nSPS) is 15.3. The fourth-order valence-electron chi connectivity index (χ4n) is 3.50. The molecular formula is C21H23N5O2S. The zero-order valence-corrected chi connectivity index (χ0v) is 16.8. The predicted molar refractivity (Wildman–Crippen MR) is 112 cm³/mol. The summed E-state index contributed by atoms with van der Waals surface area (Å²) in [4.78, 5) is 19.3. The molecule has 1 aliphatic rings. The molecule has 1 unspecified atom stereocenters. The third-order valence-electron chi connectivity index (χ3n) is 5.09. The molecule has 0 bridgehead atoms. The van der Waals surface area contributed by atoms with Crippen LogP contribution in [0.5, 0.6) is 0 Å². The van der Waals surface area contributed by atoms with Crippen molar-refractivity contribution in [3.8, 4) is 6.07 Å². The lowest BCUT2D eigenvalue weighted by Gasteiger charge is -2.30. The maximum atomic E-state index is 13.2. The lowest BCUT2D eigenvalue weighted by Crippen LogP contribution is -2.49. The lowest BCUT2D eigenvalue weighted by atomic mass is 10.2. The number of nitriles is 1. The Bertz CT molecular complexity index is 1020.